The number of nitrogens with one attached hydrogen (secondary N) is 1. The van der Waals surface area contributed by atoms with E-state index < -0.39 is 0 Å². The van der Waals surface area contributed by atoms with E-state index in [9.17, 15) is 4.79 Å². The van der Waals surface area contributed by atoms with E-state index in [1.54, 1.807) is 16.9 Å². The Bertz CT molecular complexity index is 1020. The lowest BCUT2D eigenvalue weighted by Gasteiger charge is -2.12. The van der Waals surface area contributed by atoms with Gasteiger partial charge in [-0.25, -0.2) is 4.68 Å². The Balaban J connectivity index is 1.63. The van der Waals surface area contributed by atoms with E-state index in [1.807, 2.05) is 57.2 Å². The summed E-state index contributed by atoms with van der Waals surface area (Å²) < 4.78 is 13.0. The predicted octanol–water partition coefficient (Wildman–Crippen LogP) is 4.60. The number of halogens is 1. The Hall–Kier alpha value is -2.99. The molecule has 0 aliphatic carbocycles. The number of nitrogens with zero attached hydrogens (tertiary/aromatic N) is 2. The summed E-state index contributed by atoms with van der Waals surface area (Å²) >= 11 is 6.06. The van der Waals surface area contributed by atoms with Gasteiger partial charge in [-0.3, -0.25) is 4.79 Å². The third-order valence-corrected chi connectivity index (χ3v) is 4.85. The Morgan fingerprint density at radius 3 is 2.60 bits per heavy atom. The van der Waals surface area contributed by atoms with Crippen LogP contribution in [0.2, 0.25) is 5.02 Å². The fourth-order valence-electron chi connectivity index (χ4n) is 3.17. The van der Waals surface area contributed by atoms with Crippen LogP contribution in [0.1, 0.15) is 35.5 Å². The van der Waals surface area contributed by atoms with E-state index >= 15 is 0 Å². The molecule has 0 aliphatic heterocycles. The summed E-state index contributed by atoms with van der Waals surface area (Å²) in [6.07, 6.45) is 2.26. The van der Waals surface area contributed by atoms with Crippen LogP contribution < -0.4 is 14.8 Å². The number of carbonyl (C=O) groups excluding carboxylic acids is 1. The molecule has 0 radical (unpaired) electrons. The highest BCUT2D eigenvalue weighted by molar-refractivity contribution is 6.30. The number of hydrogen-bond donors (Lipinski definition) is 1. The summed E-state index contributed by atoms with van der Waals surface area (Å²) in [6, 6.07) is 13.2. The maximum absolute atomic E-state index is 12.6. The van der Waals surface area contributed by atoms with Crippen LogP contribution in [0.15, 0.2) is 48.7 Å². The van der Waals surface area contributed by atoms with Crippen molar-refractivity contribution in [2.75, 3.05) is 19.8 Å². The molecule has 0 saturated carbocycles. The molecule has 6 nitrogen and oxygen atoms in total. The van der Waals surface area contributed by atoms with Crippen molar-refractivity contribution < 1.29 is 14.3 Å². The van der Waals surface area contributed by atoms with Gasteiger partial charge in [0.2, 0.25) is 0 Å². The van der Waals surface area contributed by atoms with Gasteiger partial charge in [0, 0.05) is 11.6 Å². The fourth-order valence-corrected chi connectivity index (χ4v) is 3.35. The molecule has 0 aliphatic rings. The average Bonchev–Trinajstić information content (AvgIpc) is 3.11. The molecule has 1 heterocycles. The Labute approximate surface area is 181 Å². The summed E-state index contributed by atoms with van der Waals surface area (Å²) in [7, 11) is 0. The molecule has 0 unspecified atom stereocenters. The minimum Gasteiger partial charge on any atom is -0.490 e. The Morgan fingerprint density at radius 1 is 1.10 bits per heavy atom. The molecule has 0 fully saturated rings. The molecule has 0 saturated heterocycles. The van der Waals surface area contributed by atoms with Crippen molar-refractivity contribution in [2.24, 2.45) is 0 Å². The normalized spacial score (nSPS) is 10.7. The Morgan fingerprint density at radius 2 is 1.87 bits per heavy atom. The maximum atomic E-state index is 12.6. The maximum Gasteiger partial charge on any atom is 0.254 e. The molecule has 0 bridgehead atoms. The molecule has 158 valence electrons. The molecule has 2 aromatic carbocycles. The second kappa shape index (κ2) is 10.2. The monoisotopic (exact) mass is 427 g/mol. The van der Waals surface area contributed by atoms with Crippen molar-refractivity contribution in [1.29, 1.82) is 0 Å². The van der Waals surface area contributed by atoms with Gasteiger partial charge in [-0.15, -0.1) is 0 Å². The zero-order chi connectivity index (χ0) is 21.5. The molecule has 1 aromatic heterocycles. The van der Waals surface area contributed by atoms with E-state index in [-0.39, 0.29) is 5.91 Å². The van der Waals surface area contributed by atoms with E-state index in [4.69, 9.17) is 21.1 Å². The van der Waals surface area contributed by atoms with Crippen molar-refractivity contribution in [3.8, 4) is 17.2 Å². The first-order valence-corrected chi connectivity index (χ1v) is 10.4. The van der Waals surface area contributed by atoms with E-state index in [0.717, 1.165) is 28.4 Å². The van der Waals surface area contributed by atoms with E-state index in [0.29, 0.717) is 36.8 Å². The van der Waals surface area contributed by atoms with Gasteiger partial charge in [0.1, 0.15) is 0 Å². The average molecular weight is 428 g/mol. The van der Waals surface area contributed by atoms with Crippen LogP contribution in [0.3, 0.4) is 0 Å². The lowest BCUT2D eigenvalue weighted by atomic mass is 10.1. The molecule has 1 amide bonds. The SMILES string of the molecule is CCOc1ccc(CCNC(=O)c2cnn(-c3cccc(Cl)c3)c2C)cc1OCC. The van der Waals surface area contributed by atoms with Gasteiger partial charge in [0.15, 0.2) is 11.5 Å². The summed E-state index contributed by atoms with van der Waals surface area (Å²) in [4.78, 5) is 12.6. The van der Waals surface area contributed by atoms with Crippen LogP contribution in [0.25, 0.3) is 5.69 Å². The first kappa shape index (κ1) is 21.7. The zero-order valence-electron chi connectivity index (χ0n) is 17.4. The van der Waals surface area contributed by atoms with Crippen molar-refractivity contribution in [3.63, 3.8) is 0 Å². The molecule has 30 heavy (non-hydrogen) atoms. The van der Waals surface area contributed by atoms with Gasteiger partial charge >= 0.3 is 0 Å². The van der Waals surface area contributed by atoms with Crippen molar-refractivity contribution in [1.82, 2.24) is 15.1 Å². The smallest absolute Gasteiger partial charge is 0.254 e. The van der Waals surface area contributed by atoms with Crippen LogP contribution >= 0.6 is 11.6 Å². The van der Waals surface area contributed by atoms with Gasteiger partial charge in [0.25, 0.3) is 5.91 Å². The molecule has 3 aromatic rings. The molecular weight excluding hydrogens is 402 g/mol. The number of carbonyl (C=O) groups is 1. The van der Waals surface area contributed by atoms with Crippen molar-refractivity contribution >= 4 is 17.5 Å². The quantitative estimate of drug-likeness (QED) is 0.541. The van der Waals surface area contributed by atoms with Gasteiger partial charge in [-0.05, 0) is 63.1 Å². The summed E-state index contributed by atoms with van der Waals surface area (Å²) in [5, 5.41) is 7.93. The highest BCUT2D eigenvalue weighted by Crippen LogP contribution is 2.28. The lowest BCUT2D eigenvalue weighted by Crippen LogP contribution is -2.26. The molecule has 7 heteroatoms. The van der Waals surface area contributed by atoms with E-state index in [2.05, 4.69) is 10.4 Å². The molecule has 3 rings (SSSR count). The first-order chi connectivity index (χ1) is 14.5. The number of benzene rings is 2. The van der Waals surface area contributed by atoms with Crippen LogP contribution in [-0.2, 0) is 6.42 Å². The highest BCUT2D eigenvalue weighted by Gasteiger charge is 2.15. The lowest BCUT2D eigenvalue weighted by molar-refractivity contribution is 0.0953. The third kappa shape index (κ3) is 5.13. The summed E-state index contributed by atoms with van der Waals surface area (Å²) in [5.74, 6) is 1.30. The number of amides is 1. The van der Waals surface area contributed by atoms with Crippen molar-refractivity contribution in [3.05, 3.63) is 70.5 Å². The minimum absolute atomic E-state index is 0.156. The predicted molar refractivity (Wildman–Crippen MR) is 118 cm³/mol. The number of aromatic nitrogens is 2. The van der Waals surface area contributed by atoms with Crippen LogP contribution in [0.4, 0.5) is 0 Å². The third-order valence-electron chi connectivity index (χ3n) is 4.61. The van der Waals surface area contributed by atoms with Crippen LogP contribution in [-0.4, -0.2) is 35.4 Å². The Kier molecular flexibility index (Phi) is 7.36. The van der Waals surface area contributed by atoms with Gasteiger partial charge in [-0.1, -0.05) is 23.7 Å². The van der Waals surface area contributed by atoms with Gasteiger partial charge in [-0.2, -0.15) is 5.10 Å². The van der Waals surface area contributed by atoms with Crippen molar-refractivity contribution in [2.45, 2.75) is 27.2 Å². The minimum atomic E-state index is -0.156. The van der Waals surface area contributed by atoms with E-state index in [1.165, 1.54) is 0 Å². The largest absolute Gasteiger partial charge is 0.490 e. The molecule has 0 spiro atoms. The standard InChI is InChI=1S/C23H26ClN3O3/c1-4-29-21-10-9-17(13-22(21)30-5-2)11-12-25-23(28)20-15-26-27(16(20)3)19-8-6-7-18(24)14-19/h6-10,13-15H,4-5,11-12H2,1-3H3,(H,25,28). The summed E-state index contributed by atoms with van der Waals surface area (Å²) in [6.45, 7) is 7.39. The number of hydrogen-bond acceptors (Lipinski definition) is 4. The zero-order valence-corrected chi connectivity index (χ0v) is 18.2. The van der Waals surface area contributed by atoms with Crippen LogP contribution in [0.5, 0.6) is 11.5 Å². The second-order valence-electron chi connectivity index (χ2n) is 6.69. The van der Waals surface area contributed by atoms with Gasteiger partial charge in [0.05, 0.1) is 36.4 Å². The second-order valence-corrected chi connectivity index (χ2v) is 7.12. The first-order valence-electron chi connectivity index (χ1n) is 10.0. The van der Waals surface area contributed by atoms with Crippen LogP contribution in [0, 0.1) is 6.92 Å². The van der Waals surface area contributed by atoms with Gasteiger partial charge < -0.3 is 14.8 Å². The summed E-state index contributed by atoms with van der Waals surface area (Å²) in [5.41, 5.74) is 3.18. The number of rotatable bonds is 9. The molecule has 1 N–H and O–H groups in total. The highest BCUT2D eigenvalue weighted by atomic mass is 35.5. The number of ether oxygens (including phenoxy) is 2. The molecular formula is C23H26ClN3O3. The topological polar surface area (TPSA) is 65.4 Å². The fraction of sp³-hybridized carbons (Fsp3) is 0.304. The molecule has 0 atom stereocenters.